The van der Waals surface area contributed by atoms with Crippen molar-refractivity contribution in [2.24, 2.45) is 0 Å². The zero-order chi connectivity index (χ0) is 45.1. The maximum Gasteiger partial charge on any atom is 0.302 e. The monoisotopic (exact) mass is 898 g/mol. The number of carbonyl (C=O) groups excluding carboxylic acids is 5. The van der Waals surface area contributed by atoms with E-state index in [1.165, 1.54) is 43.4 Å². The molecule has 0 radical (unpaired) electrons. The molecule has 8 rings (SSSR count). The van der Waals surface area contributed by atoms with Crippen LogP contribution in [0.1, 0.15) is 74.0 Å². The number of aliphatic hydroxyl groups is 1. The molecule has 0 atom stereocenters. The van der Waals surface area contributed by atoms with Crippen LogP contribution in [0.3, 0.4) is 0 Å². The van der Waals surface area contributed by atoms with E-state index < -0.39 is 28.9 Å². The average molecular weight is 899 g/mol. The van der Waals surface area contributed by atoms with Gasteiger partial charge in [0.05, 0.1) is 41.8 Å². The Balaban J connectivity index is 0.000000190. The third-order valence-electron chi connectivity index (χ3n) is 10.2. The maximum absolute atomic E-state index is 12.7. The number of nitrogens with one attached hydrogen (secondary N) is 4. The second-order valence-corrected chi connectivity index (χ2v) is 16.6. The molecule has 0 unspecified atom stereocenters. The molecule has 0 saturated carbocycles. The summed E-state index contributed by atoms with van der Waals surface area (Å²) in [5, 5.41) is 15.6. The van der Waals surface area contributed by atoms with Crippen molar-refractivity contribution >= 4 is 84.1 Å². The second kappa shape index (κ2) is 18.6. The summed E-state index contributed by atoms with van der Waals surface area (Å²) in [5.74, 6) is -0.629. The van der Waals surface area contributed by atoms with Crippen molar-refractivity contribution in [1.29, 1.82) is 0 Å². The molecule has 6 heterocycles. The number of amides is 4. The molecule has 0 fully saturated rings. The standard InChI is InChI=1S/C22H22N4O6S.C20H20N4O5S/c1-11-17(10-32-13(3)28)33-22-18(11)20(29)24-19(25-22)21(30)23-9-14-4-5-16-15(8-14)26(12(2)27)6-7-31-16;1-10-15(9-25)30-20-16(10)18(27)22-17(23-20)19(28)21-8-12-3-4-14-13(7-12)24(11(2)26)5-6-29-14/h4-5,8H,6-7,9-10H2,1-3H3,(H,23,30)(H,24,25,29);3-4,7,25H,5-6,8-9H2,1-2H3,(H,21,28)(H,22,23,27). The van der Waals surface area contributed by atoms with Gasteiger partial charge in [-0.25, -0.2) is 9.97 Å². The lowest BCUT2D eigenvalue weighted by Crippen LogP contribution is -2.36. The molecule has 2 aliphatic rings. The van der Waals surface area contributed by atoms with Gasteiger partial charge in [0, 0.05) is 43.6 Å². The van der Waals surface area contributed by atoms with E-state index in [4.69, 9.17) is 14.2 Å². The largest absolute Gasteiger partial charge is 0.490 e. The lowest BCUT2D eigenvalue weighted by molar-refractivity contribution is -0.142. The van der Waals surface area contributed by atoms with Crippen molar-refractivity contribution in [3.63, 3.8) is 0 Å². The van der Waals surface area contributed by atoms with E-state index in [0.717, 1.165) is 11.1 Å². The fourth-order valence-electron chi connectivity index (χ4n) is 6.98. The number of aromatic nitrogens is 4. The smallest absolute Gasteiger partial charge is 0.302 e. The topological polar surface area (TPSA) is 255 Å². The molecule has 2 aromatic carbocycles. The van der Waals surface area contributed by atoms with Crippen LogP contribution >= 0.6 is 22.7 Å². The van der Waals surface area contributed by atoms with Crippen molar-refractivity contribution in [3.8, 4) is 11.5 Å². The predicted molar refractivity (Wildman–Crippen MR) is 234 cm³/mol. The van der Waals surface area contributed by atoms with Gasteiger partial charge in [-0.05, 0) is 60.4 Å². The van der Waals surface area contributed by atoms with Gasteiger partial charge in [0.25, 0.3) is 22.9 Å². The number of hydrogen-bond donors (Lipinski definition) is 5. The van der Waals surface area contributed by atoms with E-state index in [1.807, 2.05) is 0 Å². The first kappa shape index (κ1) is 44.1. The zero-order valence-corrected chi connectivity index (χ0v) is 36.4. The Morgan fingerprint density at radius 3 is 1.60 bits per heavy atom. The molecule has 4 amide bonds. The Morgan fingerprint density at radius 2 is 1.17 bits per heavy atom. The normalized spacial score (nSPS) is 12.9. The molecule has 4 aromatic heterocycles. The van der Waals surface area contributed by atoms with Crippen LogP contribution in [-0.4, -0.2) is 80.9 Å². The number of aliphatic hydroxyl groups excluding tert-OH is 1. The summed E-state index contributed by atoms with van der Waals surface area (Å²) in [5.41, 5.74) is 3.35. The van der Waals surface area contributed by atoms with Crippen molar-refractivity contribution < 1.29 is 43.3 Å². The minimum atomic E-state index is -0.543. The summed E-state index contributed by atoms with van der Waals surface area (Å²) in [6, 6.07) is 10.7. The predicted octanol–water partition coefficient (Wildman–Crippen LogP) is 3.49. The molecule has 0 saturated heterocycles. The number of aryl methyl sites for hydroxylation is 2. The first-order valence-corrected chi connectivity index (χ1v) is 21.2. The van der Waals surface area contributed by atoms with Crippen LogP contribution in [0, 0.1) is 13.8 Å². The average Bonchev–Trinajstić information content (AvgIpc) is 3.78. The number of carbonyl (C=O) groups is 5. The van der Waals surface area contributed by atoms with Crippen LogP contribution in [0.5, 0.6) is 11.5 Å². The summed E-state index contributed by atoms with van der Waals surface area (Å²) in [7, 11) is 0. The number of rotatable bonds is 9. The minimum absolute atomic E-state index is 0.0441. The number of H-pyrrole nitrogens is 2. The van der Waals surface area contributed by atoms with Crippen LogP contribution in [0.25, 0.3) is 20.4 Å². The van der Waals surface area contributed by atoms with Crippen molar-refractivity contribution in [1.82, 2.24) is 30.6 Å². The van der Waals surface area contributed by atoms with Crippen LogP contribution in [0.15, 0.2) is 46.0 Å². The lowest BCUT2D eigenvalue weighted by atomic mass is 10.1. The highest BCUT2D eigenvalue weighted by molar-refractivity contribution is 7.19. The van der Waals surface area contributed by atoms with Gasteiger partial charge in [-0.1, -0.05) is 12.1 Å². The van der Waals surface area contributed by atoms with Gasteiger partial charge >= 0.3 is 5.97 Å². The molecular weight excluding hydrogens is 857 g/mol. The molecule has 328 valence electrons. The first-order valence-electron chi connectivity index (χ1n) is 19.6. The van der Waals surface area contributed by atoms with Crippen molar-refractivity contribution in [2.45, 2.75) is 60.9 Å². The van der Waals surface area contributed by atoms with E-state index in [-0.39, 0.29) is 49.8 Å². The van der Waals surface area contributed by atoms with E-state index in [2.05, 4.69) is 30.6 Å². The van der Waals surface area contributed by atoms with Crippen LogP contribution in [-0.2, 0) is 45.4 Å². The molecule has 0 aliphatic carbocycles. The molecule has 63 heavy (non-hydrogen) atoms. The summed E-state index contributed by atoms with van der Waals surface area (Å²) in [6.45, 7) is 9.79. The Kier molecular flexibility index (Phi) is 13.0. The summed E-state index contributed by atoms with van der Waals surface area (Å²) in [4.78, 5) is 104. The quantitative estimate of drug-likeness (QED) is 0.131. The third kappa shape index (κ3) is 9.44. The van der Waals surface area contributed by atoms with Crippen LogP contribution in [0.2, 0.25) is 0 Å². The van der Waals surface area contributed by atoms with Crippen molar-refractivity contribution in [2.75, 3.05) is 36.1 Å². The molecule has 2 aliphatic heterocycles. The van der Waals surface area contributed by atoms with E-state index >= 15 is 0 Å². The maximum atomic E-state index is 12.7. The number of benzene rings is 2. The van der Waals surface area contributed by atoms with E-state index in [9.17, 15) is 38.7 Å². The van der Waals surface area contributed by atoms with Gasteiger partial charge in [0.2, 0.25) is 23.5 Å². The Hall–Kier alpha value is -6.97. The Labute approximate surface area is 366 Å². The van der Waals surface area contributed by atoms with Gasteiger partial charge in [0.15, 0.2) is 0 Å². The lowest BCUT2D eigenvalue weighted by Gasteiger charge is -2.29. The van der Waals surface area contributed by atoms with Crippen LogP contribution < -0.4 is 41.0 Å². The van der Waals surface area contributed by atoms with Gasteiger partial charge in [-0.2, -0.15) is 0 Å². The molecule has 5 N–H and O–H groups in total. The highest BCUT2D eigenvalue weighted by Gasteiger charge is 2.24. The number of hydrogen-bond acceptors (Lipinski definition) is 15. The fraction of sp³-hybridized carbons (Fsp3) is 0.310. The fourth-order valence-corrected chi connectivity index (χ4v) is 9.11. The number of anilines is 2. The number of nitrogens with zero attached hydrogens (tertiary/aromatic N) is 4. The van der Waals surface area contributed by atoms with E-state index in [0.29, 0.717) is 90.5 Å². The highest BCUT2D eigenvalue weighted by atomic mass is 32.1. The summed E-state index contributed by atoms with van der Waals surface area (Å²) < 4.78 is 16.2. The Morgan fingerprint density at radius 1 is 0.730 bits per heavy atom. The number of fused-ring (bicyclic) bond motifs is 4. The number of thiophene rings is 2. The van der Waals surface area contributed by atoms with Gasteiger partial charge in [0.1, 0.15) is 41.0 Å². The zero-order valence-electron chi connectivity index (χ0n) is 34.8. The number of aromatic amines is 2. The third-order valence-corrected chi connectivity index (χ3v) is 12.5. The van der Waals surface area contributed by atoms with Crippen LogP contribution in [0.4, 0.5) is 11.4 Å². The molecule has 6 aromatic rings. The van der Waals surface area contributed by atoms with E-state index in [1.54, 1.807) is 60.0 Å². The van der Waals surface area contributed by atoms with Gasteiger partial charge in [-0.15, -0.1) is 22.7 Å². The molecule has 19 nitrogen and oxygen atoms in total. The SMILES string of the molecule is CC(=O)N1CCOc2ccc(CNC(=O)c3nc4sc(CO)c(C)c4c(=O)[nH]3)cc21.CC(=O)OCc1sc2nc(C(=O)NCc3ccc4c(c3)N(C(C)=O)CCO4)[nH]c(=O)c2c1C. The second-order valence-electron chi connectivity index (χ2n) is 14.4. The molecule has 21 heteroatoms. The van der Waals surface area contributed by atoms with Gasteiger partial charge < -0.3 is 49.7 Å². The highest BCUT2D eigenvalue weighted by Crippen LogP contribution is 2.34. The van der Waals surface area contributed by atoms with Gasteiger partial charge in [-0.3, -0.25) is 33.6 Å². The number of esters is 1. The minimum Gasteiger partial charge on any atom is -0.490 e. The Bertz CT molecular complexity index is 2940. The molecule has 0 spiro atoms. The van der Waals surface area contributed by atoms with Crippen molar-refractivity contribution in [3.05, 3.63) is 101 Å². The molecule has 0 bridgehead atoms. The molecular formula is C42H42N8O11S2. The summed E-state index contributed by atoms with van der Waals surface area (Å²) >= 11 is 2.39. The first-order chi connectivity index (χ1) is 30.1. The number of ether oxygens (including phenoxy) is 3. The summed E-state index contributed by atoms with van der Waals surface area (Å²) in [6.07, 6.45) is 0.